The van der Waals surface area contributed by atoms with Crippen LogP contribution in [-0.2, 0) is 4.79 Å². The number of hydrogen-bond donors (Lipinski definition) is 1. The predicted octanol–water partition coefficient (Wildman–Crippen LogP) is 1.75. The summed E-state index contributed by atoms with van der Waals surface area (Å²) in [5.74, 6) is -0.0741. The number of hydrogen-bond acceptors (Lipinski definition) is 2. The van der Waals surface area contributed by atoms with E-state index in [1.165, 1.54) is 0 Å². The van der Waals surface area contributed by atoms with E-state index >= 15 is 0 Å². The highest BCUT2D eigenvalue weighted by molar-refractivity contribution is 6.33. The van der Waals surface area contributed by atoms with Crippen LogP contribution in [0.5, 0.6) is 0 Å². The van der Waals surface area contributed by atoms with E-state index in [2.05, 4.69) is 0 Å². The minimum absolute atomic E-state index is 0.0741. The third-order valence-electron chi connectivity index (χ3n) is 2.50. The summed E-state index contributed by atoms with van der Waals surface area (Å²) in [6.07, 6.45) is -0.390. The van der Waals surface area contributed by atoms with Crippen LogP contribution in [0, 0.1) is 6.92 Å². The summed E-state index contributed by atoms with van der Waals surface area (Å²) in [7, 11) is 0. The predicted molar refractivity (Wildman–Crippen MR) is 59.2 cm³/mol. The first-order chi connectivity index (χ1) is 7.08. The number of carbonyl (C=O) groups is 1. The molecule has 1 saturated heterocycles. The van der Waals surface area contributed by atoms with Crippen LogP contribution in [0.3, 0.4) is 0 Å². The van der Waals surface area contributed by atoms with Gasteiger partial charge in [0.2, 0.25) is 5.91 Å². The Morgan fingerprint density at radius 1 is 1.53 bits per heavy atom. The summed E-state index contributed by atoms with van der Waals surface area (Å²) < 4.78 is 0. The van der Waals surface area contributed by atoms with E-state index < -0.39 is 6.10 Å². The Hall–Kier alpha value is -1.06. The van der Waals surface area contributed by atoms with Crippen LogP contribution < -0.4 is 4.90 Å². The second kappa shape index (κ2) is 3.83. The van der Waals surface area contributed by atoms with Gasteiger partial charge in [0, 0.05) is 0 Å². The summed E-state index contributed by atoms with van der Waals surface area (Å²) in [4.78, 5) is 13.1. The molecule has 1 fully saturated rings. The van der Waals surface area contributed by atoms with Gasteiger partial charge in [-0.05, 0) is 24.6 Å². The zero-order valence-electron chi connectivity index (χ0n) is 8.40. The standard InChI is InChI=1S/C11H12ClNO2/c1-7-2-3-9(12)10(4-7)13-6-8(14)5-11(13)15/h2-4,8,14H,5-6H2,1H3. The van der Waals surface area contributed by atoms with Crippen molar-refractivity contribution in [1.29, 1.82) is 0 Å². The zero-order chi connectivity index (χ0) is 11.0. The van der Waals surface area contributed by atoms with Crippen molar-refractivity contribution in [2.24, 2.45) is 0 Å². The number of aliphatic hydroxyl groups excluding tert-OH is 1. The molecule has 1 unspecified atom stereocenters. The van der Waals surface area contributed by atoms with Crippen molar-refractivity contribution in [1.82, 2.24) is 0 Å². The van der Waals surface area contributed by atoms with Gasteiger partial charge in [-0.25, -0.2) is 0 Å². The van der Waals surface area contributed by atoms with Gasteiger partial charge in [0.25, 0.3) is 0 Å². The number of aryl methyl sites for hydroxylation is 1. The lowest BCUT2D eigenvalue weighted by Crippen LogP contribution is -2.25. The summed E-state index contributed by atoms with van der Waals surface area (Å²) in [6.45, 7) is 2.28. The molecular weight excluding hydrogens is 214 g/mol. The molecular formula is C11H12ClNO2. The maximum atomic E-state index is 11.6. The second-order valence-electron chi connectivity index (χ2n) is 3.82. The minimum atomic E-state index is -0.575. The van der Waals surface area contributed by atoms with E-state index in [0.29, 0.717) is 17.3 Å². The second-order valence-corrected chi connectivity index (χ2v) is 4.22. The van der Waals surface area contributed by atoms with Gasteiger partial charge in [-0.15, -0.1) is 0 Å². The first kappa shape index (κ1) is 10.5. The average molecular weight is 226 g/mol. The molecule has 80 valence electrons. The number of β-amino-alcohol motifs (C(OH)–C–C–N with tert-alkyl or cyclic N) is 1. The molecule has 15 heavy (non-hydrogen) atoms. The monoisotopic (exact) mass is 225 g/mol. The number of rotatable bonds is 1. The molecule has 0 radical (unpaired) electrons. The van der Waals surface area contributed by atoms with Crippen molar-refractivity contribution >= 4 is 23.2 Å². The Kier molecular flexibility index (Phi) is 2.67. The van der Waals surface area contributed by atoms with Crippen molar-refractivity contribution in [3.8, 4) is 0 Å². The van der Waals surface area contributed by atoms with Crippen molar-refractivity contribution in [2.75, 3.05) is 11.4 Å². The van der Waals surface area contributed by atoms with Crippen LogP contribution in [0.4, 0.5) is 5.69 Å². The number of nitrogens with zero attached hydrogens (tertiary/aromatic N) is 1. The molecule has 0 aliphatic carbocycles. The van der Waals surface area contributed by atoms with E-state index in [1.54, 1.807) is 11.0 Å². The normalized spacial score (nSPS) is 21.1. The first-order valence-electron chi connectivity index (χ1n) is 4.82. The topological polar surface area (TPSA) is 40.5 Å². The van der Waals surface area contributed by atoms with Crippen LogP contribution in [0.2, 0.25) is 5.02 Å². The Labute approximate surface area is 93.3 Å². The molecule has 0 bridgehead atoms. The molecule has 1 atom stereocenters. The molecule has 1 N–H and O–H groups in total. The Balaban J connectivity index is 2.37. The van der Waals surface area contributed by atoms with Gasteiger partial charge in [0.05, 0.1) is 29.8 Å². The van der Waals surface area contributed by atoms with Gasteiger partial charge in [-0.1, -0.05) is 17.7 Å². The number of carbonyl (C=O) groups excluding carboxylic acids is 1. The van der Waals surface area contributed by atoms with Crippen LogP contribution in [-0.4, -0.2) is 23.7 Å². The number of halogens is 1. The van der Waals surface area contributed by atoms with E-state index in [4.69, 9.17) is 11.6 Å². The highest BCUT2D eigenvalue weighted by Gasteiger charge is 2.30. The first-order valence-corrected chi connectivity index (χ1v) is 5.20. The Morgan fingerprint density at radius 3 is 2.87 bits per heavy atom. The molecule has 1 aliphatic heterocycles. The lowest BCUT2D eigenvalue weighted by Gasteiger charge is -2.17. The molecule has 4 heteroatoms. The summed E-state index contributed by atoms with van der Waals surface area (Å²) in [6, 6.07) is 5.52. The molecule has 0 spiro atoms. The van der Waals surface area contributed by atoms with Crippen molar-refractivity contribution in [2.45, 2.75) is 19.4 Å². The van der Waals surface area contributed by atoms with Crippen LogP contribution in [0.15, 0.2) is 18.2 Å². The summed E-state index contributed by atoms with van der Waals surface area (Å²) in [5, 5.41) is 9.93. The molecule has 1 aromatic carbocycles. The fourth-order valence-electron chi connectivity index (χ4n) is 1.75. The molecule has 1 aromatic rings. The van der Waals surface area contributed by atoms with Crippen molar-refractivity contribution in [3.05, 3.63) is 28.8 Å². The van der Waals surface area contributed by atoms with Gasteiger partial charge in [-0.3, -0.25) is 4.79 Å². The smallest absolute Gasteiger partial charge is 0.229 e. The number of benzene rings is 1. The average Bonchev–Trinajstić information content (AvgIpc) is 2.50. The fourth-order valence-corrected chi connectivity index (χ4v) is 1.97. The third-order valence-corrected chi connectivity index (χ3v) is 2.82. The van der Waals surface area contributed by atoms with Gasteiger partial charge in [-0.2, -0.15) is 0 Å². The largest absolute Gasteiger partial charge is 0.391 e. The number of anilines is 1. The molecule has 2 rings (SSSR count). The summed E-state index contributed by atoms with van der Waals surface area (Å²) >= 11 is 6.01. The Bertz CT molecular complexity index is 406. The minimum Gasteiger partial charge on any atom is -0.391 e. The van der Waals surface area contributed by atoms with E-state index in [-0.39, 0.29) is 12.3 Å². The molecule has 1 amide bonds. The van der Waals surface area contributed by atoms with Crippen molar-refractivity contribution < 1.29 is 9.90 Å². The molecule has 3 nitrogen and oxygen atoms in total. The van der Waals surface area contributed by atoms with E-state index in [0.717, 1.165) is 5.56 Å². The van der Waals surface area contributed by atoms with Crippen LogP contribution >= 0.6 is 11.6 Å². The fraction of sp³-hybridized carbons (Fsp3) is 0.364. The third kappa shape index (κ3) is 1.98. The van der Waals surface area contributed by atoms with Crippen molar-refractivity contribution in [3.63, 3.8) is 0 Å². The lowest BCUT2D eigenvalue weighted by atomic mass is 10.2. The van der Waals surface area contributed by atoms with Gasteiger partial charge in [0.1, 0.15) is 0 Å². The number of aliphatic hydroxyl groups is 1. The SMILES string of the molecule is Cc1ccc(Cl)c(N2CC(O)CC2=O)c1. The molecule has 1 heterocycles. The maximum absolute atomic E-state index is 11.6. The lowest BCUT2D eigenvalue weighted by molar-refractivity contribution is -0.117. The van der Waals surface area contributed by atoms with Gasteiger partial charge >= 0.3 is 0 Å². The van der Waals surface area contributed by atoms with Crippen LogP contribution in [0.1, 0.15) is 12.0 Å². The summed E-state index contributed by atoms with van der Waals surface area (Å²) in [5.41, 5.74) is 1.74. The quantitative estimate of drug-likeness (QED) is 0.791. The highest BCUT2D eigenvalue weighted by Crippen LogP contribution is 2.30. The zero-order valence-corrected chi connectivity index (χ0v) is 9.16. The van der Waals surface area contributed by atoms with Crippen LogP contribution in [0.25, 0.3) is 0 Å². The van der Waals surface area contributed by atoms with Gasteiger partial charge < -0.3 is 10.0 Å². The molecule has 0 aromatic heterocycles. The van der Waals surface area contributed by atoms with Gasteiger partial charge in [0.15, 0.2) is 0 Å². The number of amides is 1. The van der Waals surface area contributed by atoms with E-state index in [9.17, 15) is 9.90 Å². The Morgan fingerprint density at radius 2 is 2.27 bits per heavy atom. The molecule has 0 saturated carbocycles. The van der Waals surface area contributed by atoms with E-state index in [1.807, 2.05) is 19.1 Å². The maximum Gasteiger partial charge on any atom is 0.229 e. The highest BCUT2D eigenvalue weighted by atomic mass is 35.5. The molecule has 1 aliphatic rings.